The second kappa shape index (κ2) is 9.11. The van der Waals surface area contributed by atoms with Gasteiger partial charge in [0, 0.05) is 12.6 Å². The zero-order chi connectivity index (χ0) is 17.2. The van der Waals surface area contributed by atoms with Gasteiger partial charge in [0.1, 0.15) is 0 Å². The van der Waals surface area contributed by atoms with Crippen LogP contribution in [0.2, 0.25) is 0 Å². The highest BCUT2D eigenvalue weighted by atomic mass is 16.5. The number of nitrogens with zero attached hydrogens (tertiary/aromatic N) is 1. The van der Waals surface area contributed by atoms with Crippen LogP contribution in [0.25, 0.3) is 6.08 Å². The molecule has 0 fully saturated rings. The molecule has 8 heteroatoms. The molecule has 0 aliphatic rings. The molecule has 1 aromatic carbocycles. The van der Waals surface area contributed by atoms with Crippen molar-refractivity contribution in [3.05, 3.63) is 53.8 Å². The van der Waals surface area contributed by atoms with Gasteiger partial charge in [0.25, 0.3) is 5.88 Å². The van der Waals surface area contributed by atoms with E-state index >= 15 is 0 Å². The Morgan fingerprint density at radius 1 is 1.29 bits per heavy atom. The molecular weight excluding hydrogens is 314 g/mol. The van der Waals surface area contributed by atoms with E-state index in [1.54, 1.807) is 6.08 Å². The summed E-state index contributed by atoms with van der Waals surface area (Å²) in [6.07, 6.45) is 3.75. The minimum atomic E-state index is -0.810. The number of amides is 2. The molecule has 0 atom stereocenters. The molecule has 2 aromatic rings. The highest BCUT2D eigenvalue weighted by molar-refractivity contribution is 5.91. The summed E-state index contributed by atoms with van der Waals surface area (Å²) in [5, 5.41) is 14.7. The van der Waals surface area contributed by atoms with Gasteiger partial charge in [-0.15, -0.1) is 0 Å². The number of rotatable bonds is 8. The maximum atomic E-state index is 11.6. The van der Waals surface area contributed by atoms with Crippen molar-refractivity contribution in [1.82, 2.24) is 16.0 Å². The zero-order valence-corrected chi connectivity index (χ0v) is 12.8. The van der Waals surface area contributed by atoms with E-state index in [1.165, 1.54) is 17.6 Å². The molecule has 0 aliphatic heterocycles. The number of nitrogens with one attached hydrogen (secondary N) is 2. The Morgan fingerprint density at radius 3 is 2.83 bits per heavy atom. The third-order valence-electron chi connectivity index (χ3n) is 2.91. The van der Waals surface area contributed by atoms with Gasteiger partial charge in [-0.3, -0.25) is 14.8 Å². The maximum Gasteiger partial charge on any atom is 0.313 e. The van der Waals surface area contributed by atoms with Gasteiger partial charge in [0.05, 0.1) is 12.7 Å². The second-order valence-corrected chi connectivity index (χ2v) is 4.71. The van der Waals surface area contributed by atoms with Crippen LogP contribution < -0.4 is 15.5 Å². The lowest BCUT2D eigenvalue weighted by Gasteiger charge is -2.03. The van der Waals surface area contributed by atoms with E-state index in [2.05, 4.69) is 15.0 Å². The van der Waals surface area contributed by atoms with Crippen LogP contribution in [0.4, 0.5) is 0 Å². The van der Waals surface area contributed by atoms with Crippen LogP contribution in [0.15, 0.2) is 47.0 Å². The third kappa shape index (κ3) is 5.58. The molecule has 0 saturated carbocycles. The largest absolute Gasteiger partial charge is 0.475 e. The molecule has 2 rings (SSSR count). The smallest absolute Gasteiger partial charge is 0.313 e. The van der Waals surface area contributed by atoms with Gasteiger partial charge in [-0.05, 0) is 23.2 Å². The van der Waals surface area contributed by atoms with Crippen LogP contribution in [-0.4, -0.2) is 35.3 Å². The number of benzene rings is 1. The quantitative estimate of drug-likeness (QED) is 0.291. The zero-order valence-electron chi connectivity index (χ0n) is 12.8. The molecule has 0 aliphatic carbocycles. The molecule has 0 bridgehead atoms. The summed E-state index contributed by atoms with van der Waals surface area (Å²) >= 11 is 0. The predicted molar refractivity (Wildman–Crippen MR) is 84.4 cm³/mol. The molecule has 0 saturated heterocycles. The average molecular weight is 331 g/mol. The molecule has 0 unspecified atom stereocenters. The van der Waals surface area contributed by atoms with Crippen molar-refractivity contribution in [2.75, 3.05) is 13.2 Å². The normalized spacial score (nSPS) is 10.5. The van der Waals surface area contributed by atoms with Gasteiger partial charge in [0.2, 0.25) is 11.7 Å². The fraction of sp³-hybridized carbons (Fsp3) is 0.188. The van der Waals surface area contributed by atoms with Crippen LogP contribution in [0.5, 0.6) is 5.88 Å². The van der Waals surface area contributed by atoms with E-state index in [0.717, 1.165) is 5.56 Å². The lowest BCUT2D eigenvalue weighted by molar-refractivity contribution is -0.116. The van der Waals surface area contributed by atoms with Crippen LogP contribution in [0.3, 0.4) is 0 Å². The minimum Gasteiger partial charge on any atom is -0.475 e. The van der Waals surface area contributed by atoms with Crippen molar-refractivity contribution in [3.63, 3.8) is 0 Å². The first kappa shape index (κ1) is 17.2. The molecule has 0 radical (unpaired) electrons. The summed E-state index contributed by atoms with van der Waals surface area (Å²) in [6.45, 7) is 0.717. The van der Waals surface area contributed by atoms with E-state index < -0.39 is 5.91 Å². The monoisotopic (exact) mass is 331 g/mol. The van der Waals surface area contributed by atoms with Crippen LogP contribution >= 0.6 is 0 Å². The first-order valence-corrected chi connectivity index (χ1v) is 7.24. The fourth-order valence-corrected chi connectivity index (χ4v) is 1.74. The number of hydroxylamine groups is 1. The lowest BCUT2D eigenvalue weighted by Crippen LogP contribution is -2.23. The first-order chi connectivity index (χ1) is 11.7. The van der Waals surface area contributed by atoms with Gasteiger partial charge in [-0.2, -0.15) is 0 Å². The SMILES string of the molecule is O=C(C=Cc1ccccc1)NCCCOc1cc(C(=O)NO)on1. The van der Waals surface area contributed by atoms with Crippen molar-refractivity contribution >= 4 is 17.9 Å². The van der Waals surface area contributed by atoms with E-state index in [-0.39, 0.29) is 24.2 Å². The third-order valence-corrected chi connectivity index (χ3v) is 2.91. The molecule has 1 aromatic heterocycles. The molecule has 8 nitrogen and oxygen atoms in total. The van der Waals surface area contributed by atoms with E-state index in [4.69, 9.17) is 9.94 Å². The Labute approximate surface area is 138 Å². The Morgan fingerprint density at radius 2 is 2.08 bits per heavy atom. The van der Waals surface area contributed by atoms with Gasteiger partial charge in [0.15, 0.2) is 0 Å². The number of carbonyl (C=O) groups is 2. The Hall–Kier alpha value is -3.13. The summed E-state index contributed by atoms with van der Waals surface area (Å²) in [5.41, 5.74) is 2.37. The van der Waals surface area contributed by atoms with Gasteiger partial charge < -0.3 is 14.6 Å². The summed E-state index contributed by atoms with van der Waals surface area (Å²) in [6, 6.07) is 10.8. The number of carbonyl (C=O) groups excluding carboxylic acids is 2. The number of hydrogen-bond donors (Lipinski definition) is 3. The van der Waals surface area contributed by atoms with Crippen LogP contribution in [0, 0.1) is 0 Å². The molecular formula is C16H17N3O5. The van der Waals surface area contributed by atoms with Crippen molar-refractivity contribution in [2.45, 2.75) is 6.42 Å². The first-order valence-electron chi connectivity index (χ1n) is 7.24. The topological polar surface area (TPSA) is 114 Å². The van der Waals surface area contributed by atoms with Crippen molar-refractivity contribution in [1.29, 1.82) is 0 Å². The summed E-state index contributed by atoms with van der Waals surface area (Å²) in [4.78, 5) is 22.7. The summed E-state index contributed by atoms with van der Waals surface area (Å²) < 4.78 is 9.92. The van der Waals surface area contributed by atoms with E-state index in [1.807, 2.05) is 30.3 Å². The molecule has 24 heavy (non-hydrogen) atoms. The molecule has 3 N–H and O–H groups in total. The minimum absolute atomic E-state index is 0.129. The lowest BCUT2D eigenvalue weighted by atomic mass is 10.2. The van der Waals surface area contributed by atoms with Gasteiger partial charge in [-0.25, -0.2) is 5.48 Å². The maximum absolute atomic E-state index is 11.6. The second-order valence-electron chi connectivity index (χ2n) is 4.71. The van der Waals surface area contributed by atoms with E-state index in [9.17, 15) is 9.59 Å². The van der Waals surface area contributed by atoms with Crippen molar-refractivity contribution < 1.29 is 24.1 Å². The van der Waals surface area contributed by atoms with Crippen LogP contribution in [-0.2, 0) is 4.79 Å². The predicted octanol–water partition coefficient (Wildman–Crippen LogP) is 1.39. The fourth-order valence-electron chi connectivity index (χ4n) is 1.74. The standard InChI is InChI=1S/C16H17N3O5/c20-14(8-7-12-5-2-1-3-6-12)17-9-4-10-23-15-11-13(24-19-15)16(21)18-22/h1-3,5-8,11,22H,4,9-10H2,(H,17,20)(H,18,21). The molecule has 0 spiro atoms. The highest BCUT2D eigenvalue weighted by Crippen LogP contribution is 2.11. The number of aromatic nitrogens is 1. The number of hydrogen-bond acceptors (Lipinski definition) is 6. The Kier molecular flexibility index (Phi) is 6.54. The Bertz CT molecular complexity index is 697. The molecule has 1 heterocycles. The van der Waals surface area contributed by atoms with E-state index in [0.29, 0.717) is 13.0 Å². The van der Waals surface area contributed by atoms with Crippen LogP contribution in [0.1, 0.15) is 22.5 Å². The van der Waals surface area contributed by atoms with Crippen molar-refractivity contribution in [2.24, 2.45) is 0 Å². The Balaban J connectivity index is 1.62. The molecule has 2 amide bonds. The van der Waals surface area contributed by atoms with Crippen molar-refractivity contribution in [3.8, 4) is 5.88 Å². The number of ether oxygens (including phenoxy) is 1. The summed E-state index contributed by atoms with van der Waals surface area (Å²) in [5.74, 6) is -1.03. The van der Waals surface area contributed by atoms with Gasteiger partial charge >= 0.3 is 5.91 Å². The molecule has 126 valence electrons. The average Bonchev–Trinajstić information content (AvgIpc) is 3.09. The highest BCUT2D eigenvalue weighted by Gasteiger charge is 2.12. The summed E-state index contributed by atoms with van der Waals surface area (Å²) in [7, 11) is 0. The van der Waals surface area contributed by atoms with Gasteiger partial charge in [-0.1, -0.05) is 30.3 Å².